The summed E-state index contributed by atoms with van der Waals surface area (Å²) in [6.45, 7) is 2.68. The number of anilines is 1. The van der Waals surface area contributed by atoms with Gasteiger partial charge in [0.15, 0.2) is 6.61 Å². The van der Waals surface area contributed by atoms with E-state index < -0.39 is 5.63 Å². The molecule has 0 unspecified atom stereocenters. The van der Waals surface area contributed by atoms with E-state index >= 15 is 0 Å². The number of hydrogen-bond acceptors (Lipinski definition) is 5. The molecule has 2 heterocycles. The van der Waals surface area contributed by atoms with E-state index in [-0.39, 0.29) is 12.5 Å². The Labute approximate surface area is 166 Å². The van der Waals surface area contributed by atoms with Crippen molar-refractivity contribution in [2.75, 3.05) is 37.7 Å². The Bertz CT molecular complexity index is 1060. The maximum atomic E-state index is 12.5. The van der Waals surface area contributed by atoms with Crippen molar-refractivity contribution in [2.45, 2.75) is 0 Å². The summed E-state index contributed by atoms with van der Waals surface area (Å²) in [7, 11) is 0. The van der Waals surface area contributed by atoms with Gasteiger partial charge in [-0.1, -0.05) is 17.7 Å². The predicted octanol–water partition coefficient (Wildman–Crippen LogP) is 3.17. The molecule has 0 saturated carbocycles. The first-order valence-electron chi connectivity index (χ1n) is 9.03. The van der Waals surface area contributed by atoms with Crippen molar-refractivity contribution >= 4 is 34.2 Å². The Morgan fingerprint density at radius 1 is 1.04 bits per heavy atom. The minimum absolute atomic E-state index is 0.0558. The average molecular weight is 399 g/mol. The molecule has 0 radical (unpaired) electrons. The smallest absolute Gasteiger partial charge is 0.336 e. The topological polar surface area (TPSA) is 63.0 Å². The van der Waals surface area contributed by atoms with E-state index in [0.717, 1.165) is 24.2 Å². The average Bonchev–Trinajstić information content (AvgIpc) is 2.72. The zero-order chi connectivity index (χ0) is 19.5. The maximum absolute atomic E-state index is 12.5. The summed E-state index contributed by atoms with van der Waals surface area (Å²) < 4.78 is 10.8. The van der Waals surface area contributed by atoms with E-state index in [2.05, 4.69) is 4.90 Å². The van der Waals surface area contributed by atoms with Gasteiger partial charge in [-0.2, -0.15) is 0 Å². The third-order valence-corrected chi connectivity index (χ3v) is 5.00. The number of fused-ring (bicyclic) bond motifs is 1. The second-order valence-corrected chi connectivity index (χ2v) is 7.03. The Morgan fingerprint density at radius 2 is 1.82 bits per heavy atom. The van der Waals surface area contributed by atoms with Gasteiger partial charge in [-0.05, 0) is 36.4 Å². The highest BCUT2D eigenvalue weighted by Gasteiger charge is 2.21. The summed E-state index contributed by atoms with van der Waals surface area (Å²) in [5.41, 5.74) is 1.08. The van der Waals surface area contributed by atoms with Crippen molar-refractivity contribution in [3.8, 4) is 5.75 Å². The lowest BCUT2D eigenvalue weighted by Gasteiger charge is -2.36. The van der Waals surface area contributed by atoms with Crippen molar-refractivity contribution in [3.63, 3.8) is 0 Å². The molecule has 1 amide bonds. The molecule has 0 bridgehead atoms. The molecule has 4 rings (SSSR count). The SMILES string of the molecule is O=C(COc1ccc2ccc(=O)oc2c1)N1CCN(c2cccc(Cl)c2)CC1. The molecular formula is C21H19ClN2O4. The fourth-order valence-corrected chi connectivity index (χ4v) is 3.44. The predicted molar refractivity (Wildman–Crippen MR) is 108 cm³/mol. The number of amides is 1. The molecular weight excluding hydrogens is 380 g/mol. The molecule has 7 heteroatoms. The van der Waals surface area contributed by atoms with Gasteiger partial charge in [0.05, 0.1) is 0 Å². The Kier molecular flexibility index (Phi) is 5.21. The number of benzene rings is 2. The zero-order valence-corrected chi connectivity index (χ0v) is 15.9. The van der Waals surface area contributed by atoms with Crippen LogP contribution in [0.25, 0.3) is 11.0 Å². The summed E-state index contributed by atoms with van der Waals surface area (Å²) >= 11 is 6.06. The molecule has 0 aliphatic carbocycles. The van der Waals surface area contributed by atoms with Crippen molar-refractivity contribution in [2.24, 2.45) is 0 Å². The van der Waals surface area contributed by atoms with E-state index in [1.807, 2.05) is 24.3 Å². The van der Waals surface area contributed by atoms with Crippen molar-refractivity contribution in [3.05, 3.63) is 70.0 Å². The molecule has 1 fully saturated rings. The third-order valence-electron chi connectivity index (χ3n) is 4.76. The van der Waals surface area contributed by atoms with E-state index in [1.165, 1.54) is 6.07 Å². The molecule has 6 nitrogen and oxygen atoms in total. The van der Waals surface area contributed by atoms with Gasteiger partial charge in [-0.15, -0.1) is 0 Å². The number of carbonyl (C=O) groups excluding carboxylic acids is 1. The largest absolute Gasteiger partial charge is 0.484 e. The van der Waals surface area contributed by atoms with Crippen molar-refractivity contribution in [1.82, 2.24) is 4.90 Å². The lowest BCUT2D eigenvalue weighted by molar-refractivity contribution is -0.133. The minimum atomic E-state index is -0.418. The van der Waals surface area contributed by atoms with Crippen LogP contribution in [0, 0.1) is 0 Å². The van der Waals surface area contributed by atoms with Crippen LogP contribution in [-0.2, 0) is 4.79 Å². The molecule has 2 aromatic carbocycles. The van der Waals surface area contributed by atoms with Crippen LogP contribution in [0.4, 0.5) is 5.69 Å². The summed E-state index contributed by atoms with van der Waals surface area (Å²) in [6, 6.07) is 16.0. The van der Waals surface area contributed by atoms with Crippen LogP contribution < -0.4 is 15.3 Å². The standard InChI is InChI=1S/C21H19ClN2O4/c22-16-2-1-3-17(12-16)23-8-10-24(11-9-23)20(25)14-27-18-6-4-15-5-7-21(26)28-19(15)13-18/h1-7,12-13H,8-11,14H2. The summed E-state index contributed by atoms with van der Waals surface area (Å²) in [5, 5.41) is 1.51. The first kappa shape index (κ1) is 18.4. The monoisotopic (exact) mass is 398 g/mol. The first-order valence-corrected chi connectivity index (χ1v) is 9.41. The fourth-order valence-electron chi connectivity index (χ4n) is 3.25. The van der Waals surface area contributed by atoms with Crippen LogP contribution in [0.15, 0.2) is 63.8 Å². The molecule has 28 heavy (non-hydrogen) atoms. The summed E-state index contributed by atoms with van der Waals surface area (Å²) in [6.07, 6.45) is 0. The van der Waals surface area contributed by atoms with Gasteiger partial charge >= 0.3 is 5.63 Å². The van der Waals surface area contributed by atoms with Crippen LogP contribution in [0.5, 0.6) is 5.75 Å². The van der Waals surface area contributed by atoms with Crippen molar-refractivity contribution in [1.29, 1.82) is 0 Å². The normalized spacial score (nSPS) is 14.3. The quantitative estimate of drug-likeness (QED) is 0.632. The summed E-state index contributed by atoms with van der Waals surface area (Å²) in [5.74, 6) is 0.424. The van der Waals surface area contributed by atoms with Gasteiger partial charge in [-0.25, -0.2) is 4.79 Å². The number of carbonyl (C=O) groups is 1. The van der Waals surface area contributed by atoms with Gasteiger partial charge in [0.2, 0.25) is 0 Å². The molecule has 144 valence electrons. The number of nitrogens with zero attached hydrogens (tertiary/aromatic N) is 2. The Balaban J connectivity index is 1.33. The van der Waals surface area contributed by atoms with E-state index in [9.17, 15) is 9.59 Å². The van der Waals surface area contributed by atoms with Crippen LogP contribution in [0.2, 0.25) is 5.02 Å². The lowest BCUT2D eigenvalue weighted by Crippen LogP contribution is -2.50. The Morgan fingerprint density at radius 3 is 2.61 bits per heavy atom. The highest BCUT2D eigenvalue weighted by atomic mass is 35.5. The first-order chi connectivity index (χ1) is 13.6. The zero-order valence-electron chi connectivity index (χ0n) is 15.1. The highest BCUT2D eigenvalue weighted by molar-refractivity contribution is 6.30. The van der Waals surface area contributed by atoms with Crippen LogP contribution in [0.3, 0.4) is 0 Å². The lowest BCUT2D eigenvalue weighted by atomic mass is 10.2. The number of rotatable bonds is 4. The van der Waals surface area contributed by atoms with Gasteiger partial charge < -0.3 is 19.0 Å². The molecule has 0 atom stereocenters. The Hall–Kier alpha value is -2.99. The second kappa shape index (κ2) is 7.94. The highest BCUT2D eigenvalue weighted by Crippen LogP contribution is 2.22. The van der Waals surface area contributed by atoms with E-state index in [0.29, 0.717) is 29.4 Å². The van der Waals surface area contributed by atoms with Crippen LogP contribution in [-0.4, -0.2) is 43.6 Å². The van der Waals surface area contributed by atoms with Crippen molar-refractivity contribution < 1.29 is 13.9 Å². The molecule has 0 N–H and O–H groups in total. The second-order valence-electron chi connectivity index (χ2n) is 6.59. The molecule has 1 saturated heterocycles. The van der Waals surface area contributed by atoms with Crippen LogP contribution in [0.1, 0.15) is 0 Å². The molecule has 0 spiro atoms. The van der Waals surface area contributed by atoms with E-state index in [1.54, 1.807) is 29.2 Å². The van der Waals surface area contributed by atoms with E-state index in [4.69, 9.17) is 20.8 Å². The number of hydrogen-bond donors (Lipinski definition) is 0. The fraction of sp³-hybridized carbons (Fsp3) is 0.238. The summed E-state index contributed by atoms with van der Waals surface area (Å²) in [4.78, 5) is 27.8. The van der Waals surface area contributed by atoms with Gasteiger partial charge in [-0.3, -0.25) is 4.79 Å². The maximum Gasteiger partial charge on any atom is 0.336 e. The minimum Gasteiger partial charge on any atom is -0.484 e. The number of halogens is 1. The van der Waals surface area contributed by atoms with Crippen LogP contribution >= 0.6 is 11.6 Å². The molecule has 1 aromatic heterocycles. The number of piperazine rings is 1. The van der Waals surface area contributed by atoms with Gasteiger partial charge in [0, 0.05) is 54.4 Å². The molecule has 1 aliphatic heterocycles. The number of ether oxygens (including phenoxy) is 1. The van der Waals surface area contributed by atoms with Gasteiger partial charge in [0.1, 0.15) is 11.3 Å². The molecule has 1 aliphatic rings. The third kappa shape index (κ3) is 4.12. The molecule has 3 aromatic rings. The van der Waals surface area contributed by atoms with Gasteiger partial charge in [0.25, 0.3) is 5.91 Å².